The number of carboxylic acid groups (broad SMARTS) is 1. The molecule has 0 aliphatic rings. The Kier molecular flexibility index (Phi) is 8.44. The number of unbranched alkanes of at least 4 members (excludes halogenated alkanes) is 2. The molecule has 0 saturated heterocycles. The van der Waals surface area contributed by atoms with Gasteiger partial charge in [0.1, 0.15) is 10.6 Å². The molecule has 0 bridgehead atoms. The number of para-hydroxylation sites is 1. The Morgan fingerprint density at radius 1 is 1.16 bits per heavy atom. The molecule has 0 unspecified atom stereocenters. The van der Waals surface area contributed by atoms with Gasteiger partial charge >= 0.3 is 5.97 Å². The van der Waals surface area contributed by atoms with Crippen LogP contribution in [-0.4, -0.2) is 39.5 Å². The van der Waals surface area contributed by atoms with E-state index >= 15 is 0 Å². The van der Waals surface area contributed by atoms with Crippen LogP contribution in [0.15, 0.2) is 53.3 Å². The number of benzene rings is 1. The Hall–Kier alpha value is -3.13. The Bertz CT molecular complexity index is 1010. The van der Waals surface area contributed by atoms with Gasteiger partial charge in [-0.05, 0) is 51.3 Å². The van der Waals surface area contributed by atoms with Gasteiger partial charge in [-0.15, -0.1) is 11.3 Å². The lowest BCUT2D eigenvalue weighted by Gasteiger charge is -2.27. The number of thiazole rings is 1. The summed E-state index contributed by atoms with van der Waals surface area (Å²) in [5.74, 6) is 0.530. The molecule has 3 rings (SSSR count). The van der Waals surface area contributed by atoms with Crippen molar-refractivity contribution in [1.82, 2.24) is 9.88 Å². The Labute approximate surface area is 191 Å². The molecule has 0 aliphatic heterocycles. The maximum atomic E-state index is 13.2. The van der Waals surface area contributed by atoms with Crippen LogP contribution >= 0.6 is 11.3 Å². The van der Waals surface area contributed by atoms with Crippen LogP contribution in [-0.2, 0) is 11.3 Å². The largest absolute Gasteiger partial charge is 0.493 e. The van der Waals surface area contributed by atoms with Gasteiger partial charge in [-0.1, -0.05) is 18.2 Å². The SMILES string of the molecule is CC(C)N(Cc1ccccc1OCCCCCC(=O)O)C(=O)c1cnc(-c2ccco2)s1. The highest BCUT2D eigenvalue weighted by Gasteiger charge is 2.23. The normalized spacial score (nSPS) is 11.0. The number of aliphatic carboxylic acids is 1. The van der Waals surface area contributed by atoms with Gasteiger partial charge < -0.3 is 19.2 Å². The lowest BCUT2D eigenvalue weighted by atomic mass is 10.1. The highest BCUT2D eigenvalue weighted by Crippen LogP contribution is 2.28. The summed E-state index contributed by atoms with van der Waals surface area (Å²) in [6.45, 7) is 4.89. The second-order valence-electron chi connectivity index (χ2n) is 7.69. The Balaban J connectivity index is 1.64. The predicted octanol–water partition coefficient (Wildman–Crippen LogP) is 5.48. The molecular formula is C24H28N2O5S. The quantitative estimate of drug-likeness (QED) is 0.363. The molecule has 7 nitrogen and oxygen atoms in total. The minimum Gasteiger partial charge on any atom is -0.493 e. The van der Waals surface area contributed by atoms with Crippen molar-refractivity contribution < 1.29 is 23.8 Å². The number of ether oxygens (including phenoxy) is 1. The smallest absolute Gasteiger partial charge is 0.303 e. The molecule has 0 fully saturated rings. The van der Waals surface area contributed by atoms with Gasteiger partial charge in [0.25, 0.3) is 5.91 Å². The summed E-state index contributed by atoms with van der Waals surface area (Å²) in [7, 11) is 0. The molecule has 0 spiro atoms. The Morgan fingerprint density at radius 2 is 1.97 bits per heavy atom. The zero-order chi connectivity index (χ0) is 22.9. The van der Waals surface area contributed by atoms with E-state index in [-0.39, 0.29) is 18.4 Å². The van der Waals surface area contributed by atoms with E-state index in [9.17, 15) is 9.59 Å². The van der Waals surface area contributed by atoms with E-state index in [1.165, 1.54) is 11.3 Å². The Morgan fingerprint density at radius 3 is 2.69 bits per heavy atom. The first-order chi connectivity index (χ1) is 15.5. The summed E-state index contributed by atoms with van der Waals surface area (Å²) in [6.07, 6.45) is 5.59. The number of nitrogens with zero attached hydrogens (tertiary/aromatic N) is 2. The molecule has 0 radical (unpaired) electrons. The zero-order valence-electron chi connectivity index (χ0n) is 18.3. The third-order valence-electron chi connectivity index (χ3n) is 4.94. The molecule has 8 heteroatoms. The molecule has 0 saturated carbocycles. The number of aromatic nitrogens is 1. The first kappa shape index (κ1) is 23.5. The minimum absolute atomic E-state index is 0.0132. The van der Waals surface area contributed by atoms with Gasteiger partial charge in [0.15, 0.2) is 10.8 Å². The lowest BCUT2D eigenvalue weighted by Crippen LogP contribution is -2.36. The fourth-order valence-corrected chi connectivity index (χ4v) is 4.05. The number of furan rings is 1. The topological polar surface area (TPSA) is 92.9 Å². The number of amides is 1. The van der Waals surface area contributed by atoms with Gasteiger partial charge in [0.05, 0.1) is 19.1 Å². The van der Waals surface area contributed by atoms with Crippen molar-refractivity contribution in [2.45, 2.75) is 52.1 Å². The van der Waals surface area contributed by atoms with Crippen molar-refractivity contribution in [1.29, 1.82) is 0 Å². The van der Waals surface area contributed by atoms with Crippen molar-refractivity contribution in [3.8, 4) is 16.5 Å². The molecule has 2 aromatic heterocycles. The standard InChI is InChI=1S/C24H28N2O5S/c1-17(2)26(24(29)21-15-25-23(32-21)20-11-8-14-31-20)16-18-9-5-6-10-19(18)30-13-7-3-4-12-22(27)28/h5-6,8-11,14-15,17H,3-4,7,12-13,16H2,1-2H3,(H,27,28). The molecule has 3 aromatic rings. The predicted molar refractivity (Wildman–Crippen MR) is 123 cm³/mol. The van der Waals surface area contributed by atoms with Gasteiger partial charge in [0, 0.05) is 24.6 Å². The maximum absolute atomic E-state index is 13.2. The van der Waals surface area contributed by atoms with Crippen molar-refractivity contribution in [3.63, 3.8) is 0 Å². The summed E-state index contributed by atoms with van der Waals surface area (Å²) in [5.41, 5.74) is 0.927. The molecule has 1 amide bonds. The van der Waals surface area contributed by atoms with E-state index in [0.717, 1.165) is 24.2 Å². The molecule has 2 heterocycles. The van der Waals surface area contributed by atoms with Gasteiger partial charge in [-0.25, -0.2) is 4.98 Å². The first-order valence-corrected chi connectivity index (χ1v) is 11.5. The summed E-state index contributed by atoms with van der Waals surface area (Å²) in [4.78, 5) is 30.5. The van der Waals surface area contributed by atoms with Crippen molar-refractivity contribution in [3.05, 3.63) is 59.3 Å². The number of hydrogen-bond acceptors (Lipinski definition) is 6. The molecule has 1 N–H and O–H groups in total. The van der Waals surface area contributed by atoms with E-state index in [2.05, 4.69) is 4.98 Å². The van der Waals surface area contributed by atoms with E-state index in [4.69, 9.17) is 14.3 Å². The van der Waals surface area contributed by atoms with Crippen LogP contribution in [0, 0.1) is 0 Å². The van der Waals surface area contributed by atoms with Crippen LogP contribution in [0.1, 0.15) is 54.8 Å². The molecular weight excluding hydrogens is 428 g/mol. The zero-order valence-corrected chi connectivity index (χ0v) is 19.1. The molecule has 32 heavy (non-hydrogen) atoms. The van der Waals surface area contributed by atoms with Crippen molar-refractivity contribution in [2.24, 2.45) is 0 Å². The third kappa shape index (κ3) is 6.43. The number of carbonyl (C=O) groups excluding carboxylic acids is 1. The highest BCUT2D eigenvalue weighted by atomic mass is 32.1. The molecule has 0 atom stereocenters. The second-order valence-corrected chi connectivity index (χ2v) is 8.72. The molecule has 1 aromatic carbocycles. The van der Waals surface area contributed by atoms with Crippen LogP contribution < -0.4 is 4.74 Å². The van der Waals surface area contributed by atoms with E-state index < -0.39 is 5.97 Å². The summed E-state index contributed by atoms with van der Waals surface area (Å²) >= 11 is 1.31. The van der Waals surface area contributed by atoms with Crippen LogP contribution in [0.4, 0.5) is 0 Å². The maximum Gasteiger partial charge on any atom is 0.303 e. The average molecular weight is 457 g/mol. The lowest BCUT2D eigenvalue weighted by molar-refractivity contribution is -0.137. The van der Waals surface area contributed by atoms with Gasteiger partial charge in [-0.2, -0.15) is 0 Å². The number of carbonyl (C=O) groups is 2. The third-order valence-corrected chi connectivity index (χ3v) is 5.94. The van der Waals surface area contributed by atoms with E-state index in [1.807, 2.05) is 44.2 Å². The molecule has 0 aliphatic carbocycles. The van der Waals surface area contributed by atoms with Crippen molar-refractivity contribution >= 4 is 23.2 Å². The van der Waals surface area contributed by atoms with E-state index in [0.29, 0.717) is 35.2 Å². The van der Waals surface area contributed by atoms with Gasteiger partial charge in [0.2, 0.25) is 0 Å². The van der Waals surface area contributed by atoms with Crippen LogP contribution in [0.2, 0.25) is 0 Å². The monoisotopic (exact) mass is 456 g/mol. The number of rotatable bonds is 12. The second kappa shape index (κ2) is 11.5. The minimum atomic E-state index is -0.771. The van der Waals surface area contributed by atoms with E-state index in [1.54, 1.807) is 23.4 Å². The van der Waals surface area contributed by atoms with Crippen LogP contribution in [0.25, 0.3) is 10.8 Å². The number of carboxylic acids is 1. The van der Waals surface area contributed by atoms with Gasteiger partial charge in [-0.3, -0.25) is 9.59 Å². The van der Waals surface area contributed by atoms with Crippen molar-refractivity contribution in [2.75, 3.05) is 6.61 Å². The van der Waals surface area contributed by atoms with Crippen LogP contribution in [0.3, 0.4) is 0 Å². The summed E-state index contributed by atoms with van der Waals surface area (Å²) in [6, 6.07) is 11.3. The fraction of sp³-hybridized carbons (Fsp3) is 0.375. The summed E-state index contributed by atoms with van der Waals surface area (Å²) in [5, 5.41) is 9.39. The fourth-order valence-electron chi connectivity index (χ4n) is 3.21. The first-order valence-electron chi connectivity index (χ1n) is 10.7. The highest BCUT2D eigenvalue weighted by molar-refractivity contribution is 7.16. The molecule has 170 valence electrons. The summed E-state index contributed by atoms with van der Waals surface area (Å²) < 4.78 is 11.3. The number of hydrogen-bond donors (Lipinski definition) is 1. The average Bonchev–Trinajstić information content (AvgIpc) is 3.46. The van der Waals surface area contributed by atoms with Crippen LogP contribution in [0.5, 0.6) is 5.75 Å².